The lowest BCUT2D eigenvalue weighted by molar-refractivity contribution is -0.147. The Kier molecular flexibility index (Phi) is 1.97. The number of carbonyl (C=O) groups is 1. The molecule has 0 bridgehead atoms. The van der Waals surface area contributed by atoms with E-state index in [1.54, 1.807) is 6.92 Å². The van der Waals surface area contributed by atoms with Crippen LogP contribution in [-0.2, 0) is 4.79 Å². The van der Waals surface area contributed by atoms with Crippen molar-refractivity contribution in [1.82, 2.24) is 4.90 Å². The zero-order valence-corrected chi connectivity index (χ0v) is 8.77. The normalized spacial score (nSPS) is 21.9. The molecule has 0 spiro atoms. The molecule has 0 unspecified atom stereocenters. The van der Waals surface area contributed by atoms with Gasteiger partial charge in [-0.15, -0.1) is 0 Å². The van der Waals surface area contributed by atoms with Gasteiger partial charge in [-0.2, -0.15) is 0 Å². The molecular formula is C10H19NO. The Morgan fingerprint density at radius 1 is 1.33 bits per heavy atom. The van der Waals surface area contributed by atoms with Crippen LogP contribution >= 0.6 is 0 Å². The second-order valence-electron chi connectivity index (χ2n) is 5.19. The molecule has 1 saturated heterocycles. The predicted octanol–water partition coefficient (Wildman–Crippen LogP) is 1.90. The number of hydrogen-bond acceptors (Lipinski definition) is 1. The summed E-state index contributed by atoms with van der Waals surface area (Å²) in [6.07, 6.45) is 0. The van der Waals surface area contributed by atoms with Gasteiger partial charge in [-0.1, -0.05) is 27.7 Å². The minimum atomic E-state index is 0.205. The summed E-state index contributed by atoms with van der Waals surface area (Å²) in [4.78, 5) is 12.9. The largest absolute Gasteiger partial charge is 0.342 e. The molecular weight excluding hydrogens is 150 g/mol. The molecule has 1 aliphatic rings. The number of amides is 1. The lowest BCUT2D eigenvalue weighted by Gasteiger charge is -2.55. The minimum absolute atomic E-state index is 0.205. The van der Waals surface area contributed by atoms with Gasteiger partial charge in [0.05, 0.1) is 0 Å². The van der Waals surface area contributed by atoms with Crippen molar-refractivity contribution in [2.75, 3.05) is 13.1 Å². The van der Waals surface area contributed by atoms with Crippen molar-refractivity contribution in [3.05, 3.63) is 0 Å². The van der Waals surface area contributed by atoms with Crippen LogP contribution in [0.2, 0.25) is 0 Å². The summed E-state index contributed by atoms with van der Waals surface area (Å²) in [5.74, 6) is 0.205. The van der Waals surface area contributed by atoms with Gasteiger partial charge in [0.1, 0.15) is 0 Å². The number of nitrogens with zero attached hydrogens (tertiary/aromatic N) is 1. The van der Waals surface area contributed by atoms with Crippen molar-refractivity contribution in [2.45, 2.75) is 34.6 Å². The summed E-state index contributed by atoms with van der Waals surface area (Å²) in [6, 6.07) is 0. The molecule has 12 heavy (non-hydrogen) atoms. The van der Waals surface area contributed by atoms with Crippen LogP contribution in [0.3, 0.4) is 0 Å². The molecule has 70 valence electrons. The topological polar surface area (TPSA) is 20.3 Å². The smallest absolute Gasteiger partial charge is 0.219 e. The van der Waals surface area contributed by atoms with Gasteiger partial charge in [-0.05, 0) is 5.41 Å². The van der Waals surface area contributed by atoms with E-state index < -0.39 is 0 Å². The fraction of sp³-hybridized carbons (Fsp3) is 0.900. The molecule has 0 atom stereocenters. The third kappa shape index (κ3) is 1.35. The third-order valence-electron chi connectivity index (χ3n) is 3.34. The van der Waals surface area contributed by atoms with E-state index in [2.05, 4.69) is 27.7 Å². The van der Waals surface area contributed by atoms with Gasteiger partial charge in [0.2, 0.25) is 5.91 Å². The van der Waals surface area contributed by atoms with E-state index in [9.17, 15) is 4.79 Å². The van der Waals surface area contributed by atoms with Gasteiger partial charge >= 0.3 is 0 Å². The Hall–Kier alpha value is -0.530. The van der Waals surface area contributed by atoms with E-state index in [0.29, 0.717) is 10.8 Å². The standard InChI is InChI=1S/C10H19NO/c1-8(12)11-6-10(5,7-11)9(2,3)4/h6-7H2,1-5H3. The summed E-state index contributed by atoms with van der Waals surface area (Å²) >= 11 is 0. The molecule has 1 rings (SSSR count). The number of rotatable bonds is 0. The van der Waals surface area contributed by atoms with Crippen molar-refractivity contribution in [3.63, 3.8) is 0 Å². The molecule has 1 fully saturated rings. The van der Waals surface area contributed by atoms with Crippen LogP contribution in [0.5, 0.6) is 0 Å². The predicted molar refractivity (Wildman–Crippen MR) is 49.8 cm³/mol. The average Bonchev–Trinajstić information content (AvgIpc) is 1.77. The van der Waals surface area contributed by atoms with Gasteiger partial charge in [0.25, 0.3) is 0 Å². The fourth-order valence-corrected chi connectivity index (χ4v) is 1.49. The lowest BCUT2D eigenvalue weighted by atomic mass is 9.63. The molecule has 2 heteroatoms. The molecule has 1 aliphatic heterocycles. The molecule has 1 heterocycles. The van der Waals surface area contributed by atoms with E-state index in [0.717, 1.165) is 13.1 Å². The van der Waals surface area contributed by atoms with Crippen LogP contribution in [0, 0.1) is 10.8 Å². The number of likely N-dealkylation sites (tertiary alicyclic amines) is 1. The maximum atomic E-state index is 11.0. The molecule has 0 aromatic rings. The van der Waals surface area contributed by atoms with Crippen molar-refractivity contribution in [3.8, 4) is 0 Å². The monoisotopic (exact) mass is 169 g/mol. The molecule has 0 N–H and O–H groups in total. The second-order valence-corrected chi connectivity index (χ2v) is 5.19. The Morgan fingerprint density at radius 2 is 1.75 bits per heavy atom. The molecule has 0 radical (unpaired) electrons. The zero-order valence-electron chi connectivity index (χ0n) is 8.77. The maximum absolute atomic E-state index is 11.0. The van der Waals surface area contributed by atoms with Gasteiger partial charge in [0.15, 0.2) is 0 Å². The highest BCUT2D eigenvalue weighted by molar-refractivity contribution is 5.74. The summed E-state index contributed by atoms with van der Waals surface area (Å²) < 4.78 is 0. The Balaban J connectivity index is 2.57. The van der Waals surface area contributed by atoms with E-state index in [1.807, 2.05) is 4.90 Å². The molecule has 0 aliphatic carbocycles. The first-order valence-corrected chi connectivity index (χ1v) is 4.52. The molecule has 1 amide bonds. The maximum Gasteiger partial charge on any atom is 0.219 e. The van der Waals surface area contributed by atoms with Crippen LogP contribution in [-0.4, -0.2) is 23.9 Å². The first-order chi connectivity index (χ1) is 5.26. The van der Waals surface area contributed by atoms with E-state index >= 15 is 0 Å². The molecule has 0 aromatic heterocycles. The van der Waals surface area contributed by atoms with Gasteiger partial charge < -0.3 is 4.90 Å². The van der Waals surface area contributed by atoms with Crippen LogP contribution in [0.25, 0.3) is 0 Å². The van der Waals surface area contributed by atoms with Crippen molar-refractivity contribution < 1.29 is 4.79 Å². The first-order valence-electron chi connectivity index (χ1n) is 4.52. The van der Waals surface area contributed by atoms with Crippen LogP contribution in [0.15, 0.2) is 0 Å². The summed E-state index contributed by atoms with van der Waals surface area (Å²) in [6.45, 7) is 12.5. The Labute approximate surface area is 74.9 Å². The van der Waals surface area contributed by atoms with Crippen molar-refractivity contribution in [1.29, 1.82) is 0 Å². The molecule has 0 aromatic carbocycles. The minimum Gasteiger partial charge on any atom is -0.342 e. The Morgan fingerprint density at radius 3 is 2.00 bits per heavy atom. The highest BCUT2D eigenvalue weighted by atomic mass is 16.2. The van der Waals surface area contributed by atoms with Gasteiger partial charge in [0, 0.05) is 25.4 Å². The summed E-state index contributed by atoms with van der Waals surface area (Å²) in [7, 11) is 0. The van der Waals surface area contributed by atoms with E-state index in [-0.39, 0.29) is 5.91 Å². The summed E-state index contributed by atoms with van der Waals surface area (Å²) in [5, 5.41) is 0. The van der Waals surface area contributed by atoms with Gasteiger partial charge in [-0.25, -0.2) is 0 Å². The van der Waals surface area contributed by atoms with Crippen molar-refractivity contribution >= 4 is 5.91 Å². The van der Waals surface area contributed by atoms with Crippen LogP contribution < -0.4 is 0 Å². The highest BCUT2D eigenvalue weighted by Gasteiger charge is 2.47. The van der Waals surface area contributed by atoms with Crippen LogP contribution in [0.4, 0.5) is 0 Å². The Bertz CT molecular complexity index is 196. The first kappa shape index (κ1) is 9.56. The molecule has 0 saturated carbocycles. The quantitative estimate of drug-likeness (QED) is 0.542. The van der Waals surface area contributed by atoms with Crippen molar-refractivity contribution in [2.24, 2.45) is 10.8 Å². The van der Waals surface area contributed by atoms with Crippen LogP contribution in [0.1, 0.15) is 34.6 Å². The highest BCUT2D eigenvalue weighted by Crippen LogP contribution is 2.45. The summed E-state index contributed by atoms with van der Waals surface area (Å²) in [5.41, 5.74) is 0.623. The number of hydrogen-bond donors (Lipinski definition) is 0. The third-order valence-corrected chi connectivity index (χ3v) is 3.34. The van der Waals surface area contributed by atoms with Gasteiger partial charge in [-0.3, -0.25) is 4.79 Å². The molecule has 2 nitrogen and oxygen atoms in total. The lowest BCUT2D eigenvalue weighted by Crippen LogP contribution is -2.61. The van der Waals surface area contributed by atoms with E-state index in [4.69, 9.17) is 0 Å². The SMILES string of the molecule is CC(=O)N1CC(C)(C(C)(C)C)C1. The number of carbonyl (C=O) groups excluding carboxylic acids is 1. The second kappa shape index (κ2) is 2.48. The average molecular weight is 169 g/mol. The fourth-order valence-electron chi connectivity index (χ4n) is 1.49. The van der Waals surface area contributed by atoms with E-state index in [1.165, 1.54) is 0 Å². The zero-order chi connectivity index (χ0) is 9.57.